The third-order valence-electron chi connectivity index (χ3n) is 4.35. The fourth-order valence-corrected chi connectivity index (χ4v) is 3.18. The predicted molar refractivity (Wildman–Crippen MR) is 92.5 cm³/mol. The summed E-state index contributed by atoms with van der Waals surface area (Å²) in [4.78, 5) is 17.2. The van der Waals surface area contributed by atoms with Crippen LogP contribution in [0.1, 0.15) is 28.0 Å². The smallest absolute Gasteiger partial charge is 0.209 e. The number of aryl methyl sites for hydroxylation is 3. The summed E-state index contributed by atoms with van der Waals surface area (Å²) in [6.07, 6.45) is 9.29. The Morgan fingerprint density at radius 2 is 1.96 bits per heavy atom. The van der Waals surface area contributed by atoms with Gasteiger partial charge in [-0.1, -0.05) is 24.3 Å². The average Bonchev–Trinajstić information content (AvgIpc) is 3.16. The van der Waals surface area contributed by atoms with E-state index in [0.717, 1.165) is 40.8 Å². The summed E-state index contributed by atoms with van der Waals surface area (Å²) in [5, 5.41) is 4.32. The maximum Gasteiger partial charge on any atom is 0.209 e. The van der Waals surface area contributed by atoms with Crippen LogP contribution in [0, 0.1) is 0 Å². The van der Waals surface area contributed by atoms with Crippen molar-refractivity contribution >= 4 is 11.9 Å². The van der Waals surface area contributed by atoms with Crippen molar-refractivity contribution in [3.05, 3.63) is 65.4 Å². The van der Waals surface area contributed by atoms with E-state index in [2.05, 4.69) is 10.1 Å². The van der Waals surface area contributed by atoms with E-state index in [1.54, 1.807) is 11.0 Å². The second-order valence-electron chi connectivity index (χ2n) is 6.19. The molecule has 0 radical (unpaired) electrons. The van der Waals surface area contributed by atoms with Crippen LogP contribution in [0.15, 0.2) is 48.6 Å². The Labute approximate surface area is 140 Å². The number of ketones is 1. The first-order chi connectivity index (χ1) is 11.6. The Morgan fingerprint density at radius 3 is 2.75 bits per heavy atom. The molecule has 0 saturated heterocycles. The molecule has 0 atom stereocenters. The van der Waals surface area contributed by atoms with Crippen molar-refractivity contribution < 1.29 is 4.79 Å². The van der Waals surface area contributed by atoms with Crippen LogP contribution in [0.4, 0.5) is 0 Å². The second kappa shape index (κ2) is 5.60. The van der Waals surface area contributed by atoms with Crippen LogP contribution in [0.25, 0.3) is 17.3 Å². The van der Waals surface area contributed by atoms with Crippen LogP contribution in [0.5, 0.6) is 0 Å². The van der Waals surface area contributed by atoms with Crippen LogP contribution in [0.3, 0.4) is 0 Å². The van der Waals surface area contributed by atoms with Gasteiger partial charge in [-0.2, -0.15) is 5.10 Å². The van der Waals surface area contributed by atoms with E-state index < -0.39 is 0 Å². The normalized spacial score (nSPS) is 15.8. The summed E-state index contributed by atoms with van der Waals surface area (Å²) in [7, 11) is 3.80. The summed E-state index contributed by atoms with van der Waals surface area (Å²) in [6.45, 7) is 0. The standard InChI is InChI=1S/C19H18N4O/c1-22-11-17(20-12-22)16-6-4-3-5-13(16)9-14-7-8-15-10-23(2)21-18(15)19(14)24/h3-6,9-12H,7-8H2,1-2H3/b14-9+. The summed E-state index contributed by atoms with van der Waals surface area (Å²) < 4.78 is 3.64. The molecule has 0 aliphatic heterocycles. The molecule has 2 heterocycles. The lowest BCUT2D eigenvalue weighted by Crippen LogP contribution is -2.13. The molecule has 24 heavy (non-hydrogen) atoms. The van der Waals surface area contributed by atoms with Gasteiger partial charge in [0.2, 0.25) is 5.78 Å². The van der Waals surface area contributed by atoms with E-state index in [1.165, 1.54) is 0 Å². The second-order valence-corrected chi connectivity index (χ2v) is 6.19. The number of imidazole rings is 1. The Hall–Kier alpha value is -2.95. The molecular weight excluding hydrogens is 300 g/mol. The van der Waals surface area contributed by atoms with Gasteiger partial charge in [0.15, 0.2) is 0 Å². The van der Waals surface area contributed by atoms with Crippen molar-refractivity contribution in [3.63, 3.8) is 0 Å². The summed E-state index contributed by atoms with van der Waals surface area (Å²) in [6, 6.07) is 8.04. The van der Waals surface area contributed by atoms with Crippen LogP contribution in [-0.2, 0) is 20.5 Å². The van der Waals surface area contributed by atoms with Gasteiger partial charge in [0.1, 0.15) is 5.69 Å². The number of rotatable bonds is 2. The number of hydrogen-bond donors (Lipinski definition) is 0. The zero-order chi connectivity index (χ0) is 16.7. The molecule has 0 N–H and O–H groups in total. The Kier molecular flexibility index (Phi) is 3.41. The SMILES string of the molecule is Cn1cnc(-c2ccccc2/C=C2\CCc3cn(C)nc3C2=O)c1. The molecule has 0 saturated carbocycles. The topological polar surface area (TPSA) is 52.7 Å². The third-order valence-corrected chi connectivity index (χ3v) is 4.35. The Balaban J connectivity index is 1.76. The first-order valence-electron chi connectivity index (χ1n) is 7.97. The zero-order valence-electron chi connectivity index (χ0n) is 13.7. The first-order valence-corrected chi connectivity index (χ1v) is 7.97. The number of hydrogen-bond acceptors (Lipinski definition) is 3. The molecule has 0 spiro atoms. The summed E-state index contributed by atoms with van der Waals surface area (Å²) in [5.41, 5.74) is 5.39. The van der Waals surface area contributed by atoms with Gasteiger partial charge in [-0.3, -0.25) is 9.48 Å². The van der Waals surface area contributed by atoms with E-state index >= 15 is 0 Å². The molecule has 1 aliphatic carbocycles. The van der Waals surface area contributed by atoms with Gasteiger partial charge < -0.3 is 4.57 Å². The maximum atomic E-state index is 12.7. The average molecular weight is 318 g/mol. The minimum absolute atomic E-state index is 0.0349. The number of Topliss-reactive ketones (excluding diaryl/α,β-unsaturated/α-hetero) is 1. The van der Waals surface area contributed by atoms with Gasteiger partial charge in [0.25, 0.3) is 0 Å². The van der Waals surface area contributed by atoms with E-state index in [0.29, 0.717) is 5.69 Å². The van der Waals surface area contributed by atoms with Gasteiger partial charge in [-0.15, -0.1) is 0 Å². The molecule has 4 rings (SSSR count). The molecule has 5 heteroatoms. The molecule has 5 nitrogen and oxygen atoms in total. The number of carbonyl (C=O) groups is 1. The number of benzene rings is 1. The molecule has 0 fully saturated rings. The van der Waals surface area contributed by atoms with Crippen molar-refractivity contribution in [2.45, 2.75) is 12.8 Å². The summed E-state index contributed by atoms with van der Waals surface area (Å²) in [5.74, 6) is 0.0349. The highest BCUT2D eigenvalue weighted by molar-refractivity contribution is 6.12. The van der Waals surface area contributed by atoms with E-state index in [4.69, 9.17) is 0 Å². The van der Waals surface area contributed by atoms with Gasteiger partial charge in [-0.25, -0.2) is 4.98 Å². The fourth-order valence-electron chi connectivity index (χ4n) is 3.18. The van der Waals surface area contributed by atoms with Crippen LogP contribution in [-0.4, -0.2) is 25.1 Å². The maximum absolute atomic E-state index is 12.7. The minimum Gasteiger partial charge on any atom is -0.340 e. The highest BCUT2D eigenvalue weighted by atomic mass is 16.1. The van der Waals surface area contributed by atoms with E-state index in [9.17, 15) is 4.79 Å². The first kappa shape index (κ1) is 14.6. The Bertz CT molecular complexity index is 961. The lowest BCUT2D eigenvalue weighted by Gasteiger charge is -2.13. The van der Waals surface area contributed by atoms with Crippen LogP contribution < -0.4 is 0 Å². The lowest BCUT2D eigenvalue weighted by molar-refractivity contribution is 0.102. The fraction of sp³-hybridized carbons (Fsp3) is 0.211. The van der Waals surface area contributed by atoms with Gasteiger partial charge in [0.05, 0.1) is 12.0 Å². The molecular formula is C19H18N4O. The quantitative estimate of drug-likeness (QED) is 0.683. The molecule has 0 amide bonds. The van der Waals surface area contributed by atoms with Crippen LogP contribution >= 0.6 is 0 Å². The van der Waals surface area contributed by atoms with E-state index in [1.807, 2.05) is 61.4 Å². The number of nitrogens with zero attached hydrogens (tertiary/aromatic N) is 4. The predicted octanol–water partition coefficient (Wildman–Crippen LogP) is 3.03. The van der Waals surface area contributed by atoms with Crippen molar-refractivity contribution in [1.29, 1.82) is 0 Å². The minimum atomic E-state index is 0.0349. The van der Waals surface area contributed by atoms with Crippen molar-refractivity contribution in [1.82, 2.24) is 19.3 Å². The van der Waals surface area contributed by atoms with Crippen molar-refractivity contribution in [2.75, 3.05) is 0 Å². The molecule has 3 aromatic rings. The van der Waals surface area contributed by atoms with E-state index in [-0.39, 0.29) is 5.78 Å². The van der Waals surface area contributed by atoms with Gasteiger partial charge in [-0.05, 0) is 24.5 Å². The van der Waals surface area contributed by atoms with Gasteiger partial charge >= 0.3 is 0 Å². The molecule has 1 aromatic carbocycles. The molecule has 2 aromatic heterocycles. The number of carbonyl (C=O) groups excluding carboxylic acids is 1. The number of aromatic nitrogens is 4. The molecule has 120 valence electrons. The third kappa shape index (κ3) is 2.48. The number of allylic oxidation sites excluding steroid dienone is 1. The lowest BCUT2D eigenvalue weighted by atomic mass is 9.90. The van der Waals surface area contributed by atoms with Gasteiger partial charge in [0, 0.05) is 43.2 Å². The molecule has 1 aliphatic rings. The Morgan fingerprint density at radius 1 is 1.12 bits per heavy atom. The highest BCUT2D eigenvalue weighted by Crippen LogP contribution is 2.29. The summed E-state index contributed by atoms with van der Waals surface area (Å²) >= 11 is 0. The molecule has 0 unspecified atom stereocenters. The van der Waals surface area contributed by atoms with Crippen LogP contribution in [0.2, 0.25) is 0 Å². The highest BCUT2D eigenvalue weighted by Gasteiger charge is 2.25. The van der Waals surface area contributed by atoms with Crippen molar-refractivity contribution in [2.24, 2.45) is 14.1 Å². The van der Waals surface area contributed by atoms with Crippen molar-refractivity contribution in [3.8, 4) is 11.3 Å². The number of fused-ring (bicyclic) bond motifs is 1. The zero-order valence-corrected chi connectivity index (χ0v) is 13.7. The monoisotopic (exact) mass is 318 g/mol. The largest absolute Gasteiger partial charge is 0.340 e. The molecule has 0 bridgehead atoms.